The van der Waals surface area contributed by atoms with E-state index in [1.165, 1.54) is 11.3 Å². The lowest BCUT2D eigenvalue weighted by Crippen LogP contribution is -2.14. The fraction of sp³-hybridized carbons (Fsp3) is 0.412. The van der Waals surface area contributed by atoms with Gasteiger partial charge in [-0.1, -0.05) is 20.8 Å². The largest absolute Gasteiger partial charge is 0.414 e. The molecule has 3 rings (SSSR count). The number of aromatic nitrogens is 4. The molecule has 0 N–H and O–H groups in total. The molecule has 3 aromatic rings. The number of hydrogen-bond donors (Lipinski definition) is 0. The van der Waals surface area contributed by atoms with Crippen LogP contribution in [0.2, 0.25) is 0 Å². The summed E-state index contributed by atoms with van der Waals surface area (Å²) in [4.78, 5) is 9.46. The van der Waals surface area contributed by atoms with Crippen LogP contribution < -0.4 is 4.31 Å². The minimum absolute atomic E-state index is 0.0618. The molecule has 10 heteroatoms. The molecular formula is C17H19F2N5OS2. The minimum Gasteiger partial charge on any atom is -0.414 e. The molecule has 0 amide bonds. The minimum atomic E-state index is -2.78. The third-order valence-electron chi connectivity index (χ3n) is 3.61. The first-order chi connectivity index (χ1) is 13.0. The van der Waals surface area contributed by atoms with E-state index in [1.54, 1.807) is 18.1 Å². The Labute approximate surface area is 164 Å². The van der Waals surface area contributed by atoms with Gasteiger partial charge in [0.2, 0.25) is 0 Å². The standard InChI is InChI=1S/C17H19F2N5OS2/c1-4-26-24(11-5-6-12(10(2)3)20-7-11)9-14-21-8-13(27-14)16-22-23-17(25-16)15(18)19/h5-8,10,15H,4,9H2,1-3H3. The van der Waals surface area contributed by atoms with Crippen LogP contribution in [0.5, 0.6) is 0 Å². The van der Waals surface area contributed by atoms with Gasteiger partial charge in [0.05, 0.1) is 24.6 Å². The molecule has 3 heterocycles. The Hall–Kier alpha value is -2.07. The molecule has 0 aromatic carbocycles. The Morgan fingerprint density at radius 1 is 1.19 bits per heavy atom. The second-order valence-corrected chi connectivity index (χ2v) is 8.31. The van der Waals surface area contributed by atoms with Gasteiger partial charge in [0, 0.05) is 11.4 Å². The van der Waals surface area contributed by atoms with Crippen molar-refractivity contribution in [2.45, 2.75) is 39.7 Å². The monoisotopic (exact) mass is 411 g/mol. The summed E-state index contributed by atoms with van der Waals surface area (Å²) >= 11 is 3.00. The molecule has 0 saturated heterocycles. The molecule has 0 unspecified atom stereocenters. The number of nitrogens with zero attached hydrogens (tertiary/aromatic N) is 5. The zero-order valence-corrected chi connectivity index (χ0v) is 16.7. The average Bonchev–Trinajstić information content (AvgIpc) is 3.31. The Morgan fingerprint density at radius 3 is 2.59 bits per heavy atom. The van der Waals surface area contributed by atoms with Gasteiger partial charge in [-0.2, -0.15) is 8.78 Å². The van der Waals surface area contributed by atoms with Crippen LogP contribution in [-0.4, -0.2) is 25.9 Å². The predicted molar refractivity (Wildman–Crippen MR) is 103 cm³/mol. The van der Waals surface area contributed by atoms with Crippen molar-refractivity contribution in [3.8, 4) is 10.8 Å². The third-order valence-corrected chi connectivity index (χ3v) is 5.49. The molecule has 144 valence electrons. The number of pyridine rings is 1. The molecule has 0 aliphatic carbocycles. The van der Waals surface area contributed by atoms with Gasteiger partial charge in [0.15, 0.2) is 0 Å². The lowest BCUT2D eigenvalue weighted by atomic mass is 10.1. The normalized spacial score (nSPS) is 11.5. The highest BCUT2D eigenvalue weighted by atomic mass is 32.2. The third kappa shape index (κ3) is 4.81. The van der Waals surface area contributed by atoms with E-state index in [1.807, 2.05) is 18.3 Å². The average molecular weight is 412 g/mol. The molecule has 0 saturated carbocycles. The Morgan fingerprint density at radius 2 is 2.00 bits per heavy atom. The highest BCUT2D eigenvalue weighted by Crippen LogP contribution is 2.31. The molecule has 6 nitrogen and oxygen atoms in total. The highest BCUT2D eigenvalue weighted by Gasteiger charge is 2.19. The number of hydrogen-bond acceptors (Lipinski definition) is 8. The summed E-state index contributed by atoms with van der Waals surface area (Å²) in [5, 5.41) is 7.83. The molecule has 0 spiro atoms. The molecule has 0 aliphatic rings. The lowest BCUT2D eigenvalue weighted by Gasteiger charge is -2.21. The number of anilines is 1. The summed E-state index contributed by atoms with van der Waals surface area (Å²) < 4.78 is 32.3. The zero-order chi connectivity index (χ0) is 19.4. The van der Waals surface area contributed by atoms with Gasteiger partial charge >= 0.3 is 6.43 Å². The van der Waals surface area contributed by atoms with Gasteiger partial charge in [-0.15, -0.1) is 21.5 Å². The van der Waals surface area contributed by atoms with Crippen LogP contribution >= 0.6 is 23.3 Å². The SMILES string of the molecule is CCSN(Cc1ncc(-c2nnc(C(F)F)o2)s1)c1ccc(C(C)C)nc1. The molecule has 0 atom stereocenters. The lowest BCUT2D eigenvalue weighted by molar-refractivity contribution is 0.116. The van der Waals surface area contributed by atoms with E-state index in [-0.39, 0.29) is 5.89 Å². The van der Waals surface area contributed by atoms with Gasteiger partial charge in [0.25, 0.3) is 11.8 Å². The summed E-state index contributed by atoms with van der Waals surface area (Å²) in [5.41, 5.74) is 2.03. The summed E-state index contributed by atoms with van der Waals surface area (Å²) in [5.74, 6) is 0.650. The molecular weight excluding hydrogens is 392 g/mol. The van der Waals surface area contributed by atoms with Crippen molar-refractivity contribution < 1.29 is 13.2 Å². The first kappa shape index (κ1) is 19.7. The van der Waals surface area contributed by atoms with Crippen molar-refractivity contribution in [2.75, 3.05) is 10.1 Å². The maximum absolute atomic E-state index is 12.6. The van der Waals surface area contributed by atoms with Crippen LogP contribution in [0.25, 0.3) is 10.8 Å². The quantitative estimate of drug-likeness (QED) is 0.464. The summed E-state index contributed by atoms with van der Waals surface area (Å²) in [6.07, 6.45) is 0.647. The number of rotatable bonds is 8. The molecule has 0 bridgehead atoms. The summed E-state index contributed by atoms with van der Waals surface area (Å²) in [7, 11) is 0. The number of halogens is 2. The fourth-order valence-electron chi connectivity index (χ4n) is 2.28. The topological polar surface area (TPSA) is 67.9 Å². The van der Waals surface area contributed by atoms with Crippen molar-refractivity contribution in [1.29, 1.82) is 0 Å². The predicted octanol–water partition coefficient (Wildman–Crippen LogP) is 5.32. The van der Waals surface area contributed by atoms with Crippen LogP contribution in [0.4, 0.5) is 14.5 Å². The van der Waals surface area contributed by atoms with Crippen LogP contribution in [0.1, 0.15) is 49.7 Å². The van der Waals surface area contributed by atoms with Crippen LogP contribution in [-0.2, 0) is 6.54 Å². The molecule has 0 radical (unpaired) electrons. The molecule has 0 aliphatic heterocycles. The molecule has 3 aromatic heterocycles. The van der Waals surface area contributed by atoms with Crippen molar-refractivity contribution in [1.82, 2.24) is 20.2 Å². The Bertz CT molecular complexity index is 866. The second kappa shape index (κ2) is 8.75. The van der Waals surface area contributed by atoms with E-state index in [2.05, 4.69) is 45.2 Å². The maximum Gasteiger partial charge on any atom is 0.314 e. The molecule has 0 fully saturated rings. The van der Waals surface area contributed by atoms with E-state index in [9.17, 15) is 8.78 Å². The van der Waals surface area contributed by atoms with Crippen molar-refractivity contribution in [3.63, 3.8) is 0 Å². The van der Waals surface area contributed by atoms with Crippen LogP contribution in [0, 0.1) is 0 Å². The van der Waals surface area contributed by atoms with Crippen molar-refractivity contribution in [3.05, 3.63) is 41.1 Å². The van der Waals surface area contributed by atoms with Gasteiger partial charge in [0.1, 0.15) is 9.88 Å². The smallest absolute Gasteiger partial charge is 0.314 e. The van der Waals surface area contributed by atoms with Crippen molar-refractivity contribution in [2.24, 2.45) is 0 Å². The van der Waals surface area contributed by atoms with Gasteiger partial charge < -0.3 is 8.72 Å². The van der Waals surface area contributed by atoms with Gasteiger partial charge in [-0.3, -0.25) is 4.98 Å². The van der Waals surface area contributed by atoms with E-state index in [4.69, 9.17) is 4.42 Å². The first-order valence-corrected chi connectivity index (χ1v) is 10.2. The first-order valence-electron chi connectivity index (χ1n) is 8.41. The van der Waals surface area contributed by atoms with Crippen molar-refractivity contribution >= 4 is 29.0 Å². The van der Waals surface area contributed by atoms with E-state index in [0.717, 1.165) is 22.1 Å². The van der Waals surface area contributed by atoms with Crippen LogP contribution in [0.15, 0.2) is 28.9 Å². The Kier molecular flexibility index (Phi) is 6.38. The number of thiazole rings is 1. The zero-order valence-electron chi connectivity index (χ0n) is 15.1. The van der Waals surface area contributed by atoms with Crippen LogP contribution in [0.3, 0.4) is 0 Å². The van der Waals surface area contributed by atoms with Gasteiger partial charge in [-0.25, -0.2) is 4.98 Å². The fourth-order valence-corrected chi connectivity index (χ4v) is 3.97. The molecule has 27 heavy (non-hydrogen) atoms. The Balaban J connectivity index is 1.75. The van der Waals surface area contributed by atoms with E-state index < -0.39 is 12.3 Å². The number of alkyl halides is 2. The van der Waals surface area contributed by atoms with E-state index >= 15 is 0 Å². The second-order valence-electron chi connectivity index (χ2n) is 5.91. The van der Waals surface area contributed by atoms with E-state index in [0.29, 0.717) is 17.3 Å². The van der Waals surface area contributed by atoms with Gasteiger partial charge in [-0.05, 0) is 30.0 Å². The highest BCUT2D eigenvalue weighted by molar-refractivity contribution is 8.00. The maximum atomic E-state index is 12.6. The summed E-state index contributed by atoms with van der Waals surface area (Å²) in [6.45, 7) is 6.84. The summed E-state index contributed by atoms with van der Waals surface area (Å²) in [6, 6.07) is 4.08.